The molecule has 2 rings (SSSR count). The number of halogens is 1. The lowest BCUT2D eigenvalue weighted by molar-refractivity contribution is 0.0309. The number of fused-ring (bicyclic) bond motifs is 1. The van der Waals surface area contributed by atoms with Crippen molar-refractivity contribution in [2.24, 2.45) is 0 Å². The van der Waals surface area contributed by atoms with E-state index in [1.165, 1.54) is 11.3 Å². The number of hydrogen-bond acceptors (Lipinski definition) is 3. The van der Waals surface area contributed by atoms with E-state index in [-0.39, 0.29) is 12.1 Å². The van der Waals surface area contributed by atoms with Crippen LogP contribution in [0.5, 0.6) is 0 Å². The number of esters is 1. The molecule has 1 aromatic rings. The lowest BCUT2D eigenvalue weighted by Gasteiger charge is -2.17. The van der Waals surface area contributed by atoms with Crippen molar-refractivity contribution in [2.45, 2.75) is 19.4 Å². The van der Waals surface area contributed by atoms with Gasteiger partial charge in [0.05, 0.1) is 4.34 Å². The predicted molar refractivity (Wildman–Crippen MR) is 47.9 cm³/mol. The molecule has 0 fully saturated rings. The molecule has 64 valence electrons. The first-order valence-corrected chi connectivity index (χ1v) is 4.85. The fourth-order valence-corrected chi connectivity index (χ4v) is 2.47. The number of thiophene rings is 1. The van der Waals surface area contributed by atoms with E-state index in [0.29, 0.717) is 9.21 Å². The molecule has 0 aliphatic carbocycles. The standard InChI is InChI=1S/C8H7ClO2S/c1-4-2-5-3-6(9)12-7(5)8(10)11-4/h3-4H,2H2,1H3. The summed E-state index contributed by atoms with van der Waals surface area (Å²) in [6.07, 6.45) is 0.764. The Balaban J connectivity index is 2.46. The summed E-state index contributed by atoms with van der Waals surface area (Å²) < 4.78 is 5.70. The molecule has 2 nitrogen and oxygen atoms in total. The maximum Gasteiger partial charge on any atom is 0.348 e. The van der Waals surface area contributed by atoms with Gasteiger partial charge in [-0.3, -0.25) is 0 Å². The number of carbonyl (C=O) groups excluding carboxylic acids is 1. The van der Waals surface area contributed by atoms with Crippen molar-refractivity contribution < 1.29 is 9.53 Å². The summed E-state index contributed by atoms with van der Waals surface area (Å²) in [4.78, 5) is 11.9. The van der Waals surface area contributed by atoms with Gasteiger partial charge >= 0.3 is 5.97 Å². The highest BCUT2D eigenvalue weighted by molar-refractivity contribution is 7.18. The van der Waals surface area contributed by atoms with Gasteiger partial charge in [-0.1, -0.05) is 11.6 Å². The van der Waals surface area contributed by atoms with Crippen molar-refractivity contribution in [1.29, 1.82) is 0 Å². The van der Waals surface area contributed by atoms with Gasteiger partial charge in [0, 0.05) is 6.42 Å². The smallest absolute Gasteiger partial charge is 0.348 e. The molecule has 1 unspecified atom stereocenters. The van der Waals surface area contributed by atoms with Crippen molar-refractivity contribution in [3.05, 3.63) is 20.8 Å². The molecule has 1 atom stereocenters. The third-order valence-electron chi connectivity index (χ3n) is 1.78. The van der Waals surface area contributed by atoms with Gasteiger partial charge in [-0.2, -0.15) is 0 Å². The zero-order valence-corrected chi connectivity index (χ0v) is 8.04. The lowest BCUT2D eigenvalue weighted by Crippen LogP contribution is -2.23. The molecule has 1 aromatic heterocycles. The molecule has 1 aliphatic heterocycles. The Morgan fingerprint density at radius 2 is 2.50 bits per heavy atom. The Labute approximate surface area is 79.1 Å². The maximum atomic E-state index is 11.2. The van der Waals surface area contributed by atoms with E-state index in [1.54, 1.807) is 0 Å². The zero-order chi connectivity index (χ0) is 8.72. The van der Waals surface area contributed by atoms with Gasteiger partial charge in [0.2, 0.25) is 0 Å². The molecule has 0 saturated carbocycles. The maximum absolute atomic E-state index is 11.2. The van der Waals surface area contributed by atoms with Crippen LogP contribution in [-0.2, 0) is 11.2 Å². The molecular weight excluding hydrogens is 196 g/mol. The molecule has 0 spiro atoms. The minimum atomic E-state index is -0.236. The molecule has 4 heteroatoms. The molecule has 12 heavy (non-hydrogen) atoms. The largest absolute Gasteiger partial charge is 0.458 e. The third-order valence-corrected chi connectivity index (χ3v) is 3.07. The quantitative estimate of drug-likeness (QED) is 0.605. The monoisotopic (exact) mass is 202 g/mol. The van der Waals surface area contributed by atoms with Crippen LogP contribution in [0.4, 0.5) is 0 Å². The first kappa shape index (κ1) is 8.08. The van der Waals surface area contributed by atoms with Crippen molar-refractivity contribution in [3.8, 4) is 0 Å². The minimum Gasteiger partial charge on any atom is -0.458 e. The summed E-state index contributed by atoms with van der Waals surface area (Å²) in [7, 11) is 0. The molecule has 2 heterocycles. The molecule has 0 amide bonds. The Kier molecular flexibility index (Phi) is 1.85. The van der Waals surface area contributed by atoms with Crippen LogP contribution < -0.4 is 0 Å². The van der Waals surface area contributed by atoms with Gasteiger partial charge in [-0.05, 0) is 18.6 Å². The first-order valence-electron chi connectivity index (χ1n) is 3.66. The van der Waals surface area contributed by atoms with Crippen molar-refractivity contribution in [2.75, 3.05) is 0 Å². The molecule has 0 bridgehead atoms. The summed E-state index contributed by atoms with van der Waals surface area (Å²) in [5.41, 5.74) is 1.02. The summed E-state index contributed by atoms with van der Waals surface area (Å²) >= 11 is 7.07. The van der Waals surface area contributed by atoms with E-state index in [2.05, 4.69) is 0 Å². The number of rotatable bonds is 0. The normalized spacial score (nSPS) is 21.8. The van der Waals surface area contributed by atoms with Gasteiger partial charge in [-0.15, -0.1) is 11.3 Å². The summed E-state index contributed by atoms with van der Waals surface area (Å²) in [5.74, 6) is -0.236. The van der Waals surface area contributed by atoms with Crippen molar-refractivity contribution in [3.63, 3.8) is 0 Å². The highest BCUT2D eigenvalue weighted by atomic mass is 35.5. The van der Waals surface area contributed by atoms with Gasteiger partial charge in [0.15, 0.2) is 0 Å². The molecule has 0 radical (unpaired) electrons. The number of carbonyl (C=O) groups is 1. The van der Waals surface area contributed by atoms with Gasteiger partial charge in [0.1, 0.15) is 11.0 Å². The average molecular weight is 203 g/mol. The molecular formula is C8H7ClO2S. The van der Waals surface area contributed by atoms with E-state index in [4.69, 9.17) is 16.3 Å². The summed E-state index contributed by atoms with van der Waals surface area (Å²) in [6, 6.07) is 1.85. The Morgan fingerprint density at radius 1 is 1.75 bits per heavy atom. The topological polar surface area (TPSA) is 26.3 Å². The number of cyclic esters (lactones) is 1. The van der Waals surface area contributed by atoms with Crippen molar-refractivity contribution >= 4 is 28.9 Å². The van der Waals surface area contributed by atoms with E-state index in [1.807, 2.05) is 13.0 Å². The third kappa shape index (κ3) is 1.23. The van der Waals surface area contributed by atoms with Crippen LogP contribution in [-0.4, -0.2) is 12.1 Å². The second kappa shape index (κ2) is 2.75. The Hall–Kier alpha value is -0.540. The summed E-state index contributed by atoms with van der Waals surface area (Å²) in [6.45, 7) is 1.88. The number of ether oxygens (including phenoxy) is 1. The fraction of sp³-hybridized carbons (Fsp3) is 0.375. The van der Waals surface area contributed by atoms with Gasteiger partial charge in [0.25, 0.3) is 0 Å². The van der Waals surface area contributed by atoms with E-state index in [9.17, 15) is 4.79 Å². The fourth-order valence-electron chi connectivity index (χ4n) is 1.31. The van der Waals surface area contributed by atoms with Crippen LogP contribution in [0.25, 0.3) is 0 Å². The Bertz CT molecular complexity index is 332. The highest BCUT2D eigenvalue weighted by Crippen LogP contribution is 2.31. The molecule has 0 N–H and O–H groups in total. The second-order valence-corrected chi connectivity index (χ2v) is 4.51. The molecule has 0 saturated heterocycles. The van der Waals surface area contributed by atoms with E-state index >= 15 is 0 Å². The van der Waals surface area contributed by atoms with E-state index < -0.39 is 0 Å². The SMILES string of the molecule is CC1Cc2cc(Cl)sc2C(=O)O1. The average Bonchev–Trinajstić information content (AvgIpc) is 2.29. The lowest BCUT2D eigenvalue weighted by atomic mass is 10.1. The van der Waals surface area contributed by atoms with E-state index in [0.717, 1.165) is 12.0 Å². The van der Waals surface area contributed by atoms with Crippen LogP contribution in [0.3, 0.4) is 0 Å². The molecule has 1 aliphatic rings. The number of hydrogen-bond donors (Lipinski definition) is 0. The van der Waals surface area contributed by atoms with Crippen LogP contribution >= 0.6 is 22.9 Å². The van der Waals surface area contributed by atoms with Crippen molar-refractivity contribution in [1.82, 2.24) is 0 Å². The summed E-state index contributed by atoms with van der Waals surface area (Å²) in [5, 5.41) is 0. The minimum absolute atomic E-state index is 0.0179. The second-order valence-electron chi connectivity index (χ2n) is 2.82. The van der Waals surface area contributed by atoms with Crippen LogP contribution in [0.2, 0.25) is 4.34 Å². The van der Waals surface area contributed by atoms with Gasteiger partial charge < -0.3 is 4.74 Å². The molecule has 0 aromatic carbocycles. The predicted octanol–water partition coefficient (Wildman–Crippen LogP) is 2.50. The van der Waals surface area contributed by atoms with Crippen LogP contribution in [0.15, 0.2) is 6.07 Å². The first-order chi connectivity index (χ1) is 5.66. The highest BCUT2D eigenvalue weighted by Gasteiger charge is 2.25. The zero-order valence-electron chi connectivity index (χ0n) is 6.46. The van der Waals surface area contributed by atoms with Gasteiger partial charge in [-0.25, -0.2) is 4.79 Å². The Morgan fingerprint density at radius 3 is 3.25 bits per heavy atom. The van der Waals surface area contributed by atoms with Crippen LogP contribution in [0, 0.1) is 0 Å². The van der Waals surface area contributed by atoms with Crippen LogP contribution in [0.1, 0.15) is 22.2 Å².